The van der Waals surface area contributed by atoms with Crippen molar-refractivity contribution < 1.29 is 33.3 Å². The number of pyridine rings is 3. The van der Waals surface area contributed by atoms with Crippen molar-refractivity contribution in [3.05, 3.63) is 108 Å². The molecule has 56 heavy (non-hydrogen) atoms. The second kappa shape index (κ2) is 15.2. The summed E-state index contributed by atoms with van der Waals surface area (Å²) in [5.74, 6) is 6.76. The van der Waals surface area contributed by atoms with Gasteiger partial charge in [0.15, 0.2) is 0 Å². The number of nitrogens with zero attached hydrogens (tertiary/aromatic N) is 4. The molecular formula is C43H36N6O7. The standard InChI is InChI=1S/C43H36N6O7/c50-40-11-10-39(42(51)48-40)49-25-28-3-7-30(21-35(28)43(49)52)54-17-16-53-15-1-2-29-6-8-31(23-45-29)55-32-19-33(20-32)56-41-12-5-27(22-46-41)26-4-9-34-36-24-44-14-13-37(36)47-38(34)18-26/h3-9,12-14,18,21-24,32-33,39,47H,10-11,15-17,19-20,25H2,(H,48,50,51)/t32-,33-,39?. The van der Waals surface area contributed by atoms with E-state index in [1.165, 1.54) is 4.90 Å². The molecule has 13 nitrogen and oxygen atoms in total. The molecule has 0 radical (unpaired) electrons. The van der Waals surface area contributed by atoms with Crippen molar-refractivity contribution in [3.8, 4) is 40.3 Å². The Balaban J connectivity index is 0.673. The van der Waals surface area contributed by atoms with Gasteiger partial charge in [-0.3, -0.25) is 24.7 Å². The van der Waals surface area contributed by atoms with Crippen LogP contribution < -0.4 is 19.5 Å². The first-order chi connectivity index (χ1) is 27.4. The lowest BCUT2D eigenvalue weighted by atomic mass is 9.92. The smallest absolute Gasteiger partial charge is 0.255 e. The van der Waals surface area contributed by atoms with Gasteiger partial charge in [-0.15, -0.1) is 0 Å². The lowest BCUT2D eigenvalue weighted by molar-refractivity contribution is -0.136. The number of hydrogen-bond acceptors (Lipinski definition) is 10. The maximum Gasteiger partial charge on any atom is 0.255 e. The van der Waals surface area contributed by atoms with E-state index in [0.717, 1.165) is 51.3 Å². The number of imide groups is 1. The van der Waals surface area contributed by atoms with Crippen LogP contribution in [-0.2, 0) is 20.9 Å². The van der Waals surface area contributed by atoms with Gasteiger partial charge in [0.2, 0.25) is 17.7 Å². The fraction of sp³-hybridized carbons (Fsp3) is 0.256. The number of carbonyl (C=O) groups is 3. The van der Waals surface area contributed by atoms with Gasteiger partial charge in [-0.25, -0.2) is 9.97 Å². The lowest BCUT2D eigenvalue weighted by Gasteiger charge is -2.34. The van der Waals surface area contributed by atoms with Gasteiger partial charge >= 0.3 is 0 Å². The number of nitrogens with one attached hydrogen (secondary N) is 2. The van der Waals surface area contributed by atoms with Gasteiger partial charge in [-0.2, -0.15) is 0 Å². The Morgan fingerprint density at radius 1 is 0.804 bits per heavy atom. The number of H-pyrrole nitrogens is 1. The van der Waals surface area contributed by atoms with E-state index in [1.807, 2.05) is 48.8 Å². The number of rotatable bonds is 11. The molecule has 2 N–H and O–H groups in total. The summed E-state index contributed by atoms with van der Waals surface area (Å²) in [4.78, 5) is 55.0. The minimum Gasteiger partial charge on any atom is -0.491 e. The van der Waals surface area contributed by atoms with E-state index in [-0.39, 0.29) is 43.7 Å². The van der Waals surface area contributed by atoms with Crippen molar-refractivity contribution >= 4 is 39.5 Å². The lowest BCUT2D eigenvalue weighted by Crippen LogP contribution is -2.52. The number of fused-ring (bicyclic) bond motifs is 4. The third kappa shape index (κ3) is 7.34. The highest BCUT2D eigenvalue weighted by atomic mass is 16.5. The Kier molecular flexibility index (Phi) is 9.46. The van der Waals surface area contributed by atoms with Crippen LogP contribution in [0.25, 0.3) is 32.9 Å². The molecule has 2 fully saturated rings. The zero-order valence-electron chi connectivity index (χ0n) is 30.2. The molecule has 2 aromatic carbocycles. The fourth-order valence-electron chi connectivity index (χ4n) is 7.23. The number of amides is 3. The maximum atomic E-state index is 13.0. The molecule has 3 amide bonds. The predicted octanol–water partition coefficient (Wildman–Crippen LogP) is 5.37. The van der Waals surface area contributed by atoms with Crippen LogP contribution in [-0.4, -0.2) is 80.6 Å². The van der Waals surface area contributed by atoms with E-state index in [0.29, 0.717) is 48.2 Å². The summed E-state index contributed by atoms with van der Waals surface area (Å²) in [7, 11) is 0. The summed E-state index contributed by atoms with van der Waals surface area (Å²) < 4.78 is 23.6. The van der Waals surface area contributed by atoms with Crippen molar-refractivity contribution in [3.63, 3.8) is 0 Å². The summed E-state index contributed by atoms with van der Waals surface area (Å²) in [5, 5.41) is 4.57. The summed E-state index contributed by atoms with van der Waals surface area (Å²) in [6, 6.07) is 20.6. The molecule has 9 rings (SSSR count). The van der Waals surface area contributed by atoms with Crippen molar-refractivity contribution in [2.24, 2.45) is 0 Å². The van der Waals surface area contributed by atoms with Crippen LogP contribution in [0.3, 0.4) is 0 Å². The van der Waals surface area contributed by atoms with E-state index in [1.54, 1.807) is 24.5 Å². The third-order valence-corrected chi connectivity index (χ3v) is 10.2. The van der Waals surface area contributed by atoms with E-state index >= 15 is 0 Å². The average Bonchev–Trinajstić information content (AvgIpc) is 3.74. The highest BCUT2D eigenvalue weighted by molar-refractivity contribution is 6.08. The Hall–Kier alpha value is -6.78. The van der Waals surface area contributed by atoms with E-state index in [4.69, 9.17) is 18.9 Å². The minimum absolute atomic E-state index is 0.0357. The van der Waals surface area contributed by atoms with Crippen molar-refractivity contribution in [2.75, 3.05) is 19.8 Å². The van der Waals surface area contributed by atoms with Gasteiger partial charge in [-0.1, -0.05) is 24.1 Å². The van der Waals surface area contributed by atoms with Crippen LogP contribution in [0.5, 0.6) is 17.4 Å². The summed E-state index contributed by atoms with van der Waals surface area (Å²) in [6.45, 7) is 1.10. The number of benzene rings is 2. The van der Waals surface area contributed by atoms with Crippen LogP contribution in [0.2, 0.25) is 0 Å². The third-order valence-electron chi connectivity index (χ3n) is 10.2. The monoisotopic (exact) mass is 748 g/mol. The zero-order valence-corrected chi connectivity index (χ0v) is 30.2. The van der Waals surface area contributed by atoms with Crippen LogP contribution in [0.1, 0.15) is 47.3 Å². The fourth-order valence-corrected chi connectivity index (χ4v) is 7.23. The van der Waals surface area contributed by atoms with Crippen molar-refractivity contribution in [1.82, 2.24) is 30.2 Å². The van der Waals surface area contributed by atoms with Crippen LogP contribution in [0.4, 0.5) is 0 Å². The Morgan fingerprint density at radius 2 is 1.68 bits per heavy atom. The van der Waals surface area contributed by atoms with Crippen LogP contribution in [0.15, 0.2) is 91.5 Å². The summed E-state index contributed by atoms with van der Waals surface area (Å²) >= 11 is 0. The molecule has 13 heteroatoms. The first-order valence-corrected chi connectivity index (χ1v) is 18.5. The van der Waals surface area contributed by atoms with E-state index in [2.05, 4.69) is 55.3 Å². The molecule has 0 spiro atoms. The maximum absolute atomic E-state index is 13.0. The van der Waals surface area contributed by atoms with Crippen molar-refractivity contribution in [1.29, 1.82) is 0 Å². The molecule has 1 atom stereocenters. The minimum atomic E-state index is -0.650. The van der Waals surface area contributed by atoms with Gasteiger partial charge in [0.1, 0.15) is 48.7 Å². The van der Waals surface area contributed by atoms with Gasteiger partial charge in [0, 0.05) is 83.4 Å². The van der Waals surface area contributed by atoms with Gasteiger partial charge in [0.25, 0.3) is 5.91 Å². The molecule has 1 saturated heterocycles. The second-order valence-electron chi connectivity index (χ2n) is 13.9. The molecule has 1 saturated carbocycles. The molecule has 0 bridgehead atoms. The summed E-state index contributed by atoms with van der Waals surface area (Å²) in [6.07, 6.45) is 9.31. The highest BCUT2D eigenvalue weighted by Gasteiger charge is 2.39. The molecule has 6 aromatic rings. The Bertz CT molecular complexity index is 2520. The van der Waals surface area contributed by atoms with Gasteiger partial charge in [-0.05, 0) is 65.9 Å². The normalized spacial score (nSPS) is 18.9. The molecule has 280 valence electrons. The number of piperidine rings is 1. The first-order valence-electron chi connectivity index (χ1n) is 18.5. The number of ether oxygens (including phenoxy) is 4. The van der Waals surface area contributed by atoms with E-state index < -0.39 is 11.9 Å². The second-order valence-corrected chi connectivity index (χ2v) is 13.9. The molecule has 6 heterocycles. The van der Waals surface area contributed by atoms with Crippen molar-refractivity contribution in [2.45, 2.75) is 50.5 Å². The number of hydrogen-bond donors (Lipinski definition) is 2. The molecule has 4 aromatic heterocycles. The molecule has 2 aliphatic heterocycles. The Labute approximate surface area is 321 Å². The first kappa shape index (κ1) is 35.0. The largest absolute Gasteiger partial charge is 0.491 e. The molecule has 1 unspecified atom stereocenters. The molecule has 3 aliphatic rings. The van der Waals surface area contributed by atoms with Crippen LogP contribution in [0, 0.1) is 11.8 Å². The number of aromatic nitrogens is 4. The molecule has 1 aliphatic carbocycles. The highest BCUT2D eigenvalue weighted by Crippen LogP contribution is 2.33. The summed E-state index contributed by atoms with van der Waals surface area (Å²) in [5.41, 5.74) is 6.14. The average molecular weight is 749 g/mol. The quantitative estimate of drug-likeness (QED) is 0.100. The number of carbonyl (C=O) groups excluding carboxylic acids is 3. The van der Waals surface area contributed by atoms with Crippen LogP contribution >= 0.6 is 0 Å². The molecular weight excluding hydrogens is 713 g/mol. The Morgan fingerprint density at radius 3 is 2.52 bits per heavy atom. The number of aromatic amines is 1. The zero-order chi connectivity index (χ0) is 38.0. The van der Waals surface area contributed by atoms with Gasteiger partial charge in [0.05, 0.1) is 12.8 Å². The topological polar surface area (TPSA) is 158 Å². The predicted molar refractivity (Wildman–Crippen MR) is 205 cm³/mol. The van der Waals surface area contributed by atoms with Gasteiger partial charge < -0.3 is 28.8 Å². The van der Waals surface area contributed by atoms with E-state index in [9.17, 15) is 14.4 Å². The SMILES string of the molecule is O=C1CCC(N2Cc3ccc(OCCOCC#Cc4ccc(O[C@H]5C[C@H](Oc6ccc(-c7ccc8c(c7)[nH]c7ccncc78)cn6)C5)cn4)cc3C2=O)C(=O)N1.